The molecule has 0 spiro atoms. The predicted octanol–water partition coefficient (Wildman–Crippen LogP) is -0.417. The van der Waals surface area contributed by atoms with Crippen LogP contribution in [0.1, 0.15) is 13.3 Å². The fourth-order valence-electron chi connectivity index (χ4n) is 0.276. The average Bonchev–Trinajstić information content (AvgIpc) is 1.59. The van der Waals surface area contributed by atoms with Gasteiger partial charge < -0.3 is 15.3 Å². The zero-order valence-electron chi connectivity index (χ0n) is 4.70. The highest BCUT2D eigenvalue weighted by Gasteiger charge is 2.13. The van der Waals surface area contributed by atoms with Gasteiger partial charge in [-0.05, 0) is 6.92 Å². The Balaban J connectivity index is 3.39. The second-order valence-corrected chi connectivity index (χ2v) is 1.55. The van der Waals surface area contributed by atoms with Crippen molar-refractivity contribution in [2.24, 2.45) is 0 Å². The minimum Gasteiger partial charge on any atom is -0.343 e. The van der Waals surface area contributed by atoms with Crippen molar-refractivity contribution in [2.45, 2.75) is 19.3 Å². The number of aliphatic hydroxyl groups is 3. The molecule has 0 heterocycles. The van der Waals surface area contributed by atoms with Crippen LogP contribution in [0.3, 0.4) is 0 Å². The third kappa shape index (κ3) is 5.62. The highest BCUT2D eigenvalue weighted by molar-refractivity contribution is 4.78. The molecule has 0 unspecified atom stereocenters. The van der Waals surface area contributed by atoms with E-state index < -0.39 is 5.97 Å². The topological polar surface area (TPSA) is 60.7 Å². The van der Waals surface area contributed by atoms with Crippen molar-refractivity contribution < 1.29 is 15.3 Å². The molecule has 0 aliphatic carbocycles. The number of hydrogen-bond donors (Lipinski definition) is 3. The molecule has 3 N–H and O–H groups in total. The van der Waals surface area contributed by atoms with Gasteiger partial charge >= 0.3 is 0 Å². The summed E-state index contributed by atoms with van der Waals surface area (Å²) in [5, 5.41) is 24.6. The molecule has 0 aliphatic rings. The Morgan fingerprint density at radius 2 is 1.88 bits per heavy atom. The van der Waals surface area contributed by atoms with Crippen molar-refractivity contribution in [1.29, 1.82) is 0 Å². The van der Waals surface area contributed by atoms with Crippen molar-refractivity contribution >= 4 is 0 Å². The van der Waals surface area contributed by atoms with Gasteiger partial charge in [-0.25, -0.2) is 0 Å². The van der Waals surface area contributed by atoms with Crippen LogP contribution in [0.4, 0.5) is 0 Å². The lowest BCUT2D eigenvalue weighted by molar-refractivity contribution is -0.308. The first-order valence-corrected chi connectivity index (χ1v) is 2.34. The normalized spacial score (nSPS) is 13.0. The highest BCUT2D eigenvalue weighted by Crippen LogP contribution is 1.99. The number of rotatable bonds is 2. The second kappa shape index (κ2) is 2.81. The fraction of sp³-hybridized carbons (Fsp3) is 0.600. The van der Waals surface area contributed by atoms with Gasteiger partial charge in [0.25, 0.3) is 5.97 Å². The minimum atomic E-state index is -2.54. The molecule has 48 valence electrons. The Morgan fingerprint density at radius 1 is 1.38 bits per heavy atom. The number of hydrogen-bond acceptors (Lipinski definition) is 3. The highest BCUT2D eigenvalue weighted by atomic mass is 16.7. The minimum absolute atomic E-state index is 0.149. The van der Waals surface area contributed by atoms with Crippen molar-refractivity contribution in [2.75, 3.05) is 0 Å². The molecule has 0 atom stereocenters. The molecule has 0 aromatic heterocycles. The van der Waals surface area contributed by atoms with E-state index in [2.05, 4.69) is 0 Å². The standard InChI is InChI=1S/C5H10O3/c1-2-3-4-5(6,7)8/h2-3,6-8H,4H2,1H3. The molecule has 0 aromatic rings. The largest absolute Gasteiger partial charge is 0.343 e. The lowest BCUT2D eigenvalue weighted by atomic mass is 10.3. The lowest BCUT2D eigenvalue weighted by Crippen LogP contribution is -2.25. The Kier molecular flexibility index (Phi) is 2.68. The molecule has 0 rings (SSSR count). The van der Waals surface area contributed by atoms with Crippen LogP contribution in [-0.4, -0.2) is 21.3 Å². The van der Waals surface area contributed by atoms with Gasteiger partial charge in [-0.1, -0.05) is 12.2 Å². The Hall–Kier alpha value is -0.380. The smallest absolute Gasteiger partial charge is 0.278 e. The first-order valence-electron chi connectivity index (χ1n) is 2.34. The average molecular weight is 118 g/mol. The van der Waals surface area contributed by atoms with Crippen LogP contribution in [0.15, 0.2) is 12.2 Å². The molecule has 0 fully saturated rings. The summed E-state index contributed by atoms with van der Waals surface area (Å²) in [4.78, 5) is 0. The molecule has 0 radical (unpaired) electrons. The third-order valence-corrected chi connectivity index (χ3v) is 0.627. The van der Waals surface area contributed by atoms with Gasteiger partial charge in [0.05, 0.1) is 0 Å². The molecular formula is C5H10O3. The first-order chi connectivity index (χ1) is 3.56. The van der Waals surface area contributed by atoms with Crippen LogP contribution >= 0.6 is 0 Å². The maximum atomic E-state index is 8.21. The van der Waals surface area contributed by atoms with E-state index in [9.17, 15) is 0 Å². The van der Waals surface area contributed by atoms with Gasteiger partial charge in [0.1, 0.15) is 0 Å². The van der Waals surface area contributed by atoms with Crippen molar-refractivity contribution in [3.8, 4) is 0 Å². The summed E-state index contributed by atoms with van der Waals surface area (Å²) in [6.45, 7) is 1.73. The van der Waals surface area contributed by atoms with Crippen LogP contribution in [0.2, 0.25) is 0 Å². The maximum absolute atomic E-state index is 8.21. The van der Waals surface area contributed by atoms with Crippen molar-refractivity contribution in [3.63, 3.8) is 0 Å². The van der Waals surface area contributed by atoms with E-state index in [0.29, 0.717) is 0 Å². The predicted molar refractivity (Wildman–Crippen MR) is 28.8 cm³/mol. The summed E-state index contributed by atoms with van der Waals surface area (Å²) in [6.07, 6.45) is 2.93. The Bertz CT molecular complexity index is 80.2. The maximum Gasteiger partial charge on any atom is 0.278 e. The molecule has 0 saturated carbocycles. The quantitative estimate of drug-likeness (QED) is 0.341. The second-order valence-electron chi connectivity index (χ2n) is 1.55. The van der Waals surface area contributed by atoms with E-state index in [0.717, 1.165) is 0 Å². The van der Waals surface area contributed by atoms with E-state index in [1.807, 2.05) is 0 Å². The van der Waals surface area contributed by atoms with Crippen LogP contribution in [-0.2, 0) is 0 Å². The monoisotopic (exact) mass is 118 g/mol. The first kappa shape index (κ1) is 7.62. The molecule has 0 bridgehead atoms. The zero-order valence-corrected chi connectivity index (χ0v) is 4.70. The molecular weight excluding hydrogens is 108 g/mol. The zero-order chi connectivity index (χ0) is 6.62. The van der Waals surface area contributed by atoms with Gasteiger partial charge in [0.2, 0.25) is 0 Å². The fourth-order valence-corrected chi connectivity index (χ4v) is 0.276. The summed E-state index contributed by atoms with van der Waals surface area (Å²) in [7, 11) is 0. The van der Waals surface area contributed by atoms with Crippen LogP contribution in [0.25, 0.3) is 0 Å². The summed E-state index contributed by atoms with van der Waals surface area (Å²) >= 11 is 0. The third-order valence-electron chi connectivity index (χ3n) is 0.627. The van der Waals surface area contributed by atoms with Gasteiger partial charge in [-0.3, -0.25) is 0 Å². The molecule has 8 heavy (non-hydrogen) atoms. The summed E-state index contributed by atoms with van der Waals surface area (Å²) in [5.41, 5.74) is 0. The van der Waals surface area contributed by atoms with Crippen LogP contribution in [0.5, 0.6) is 0 Å². The van der Waals surface area contributed by atoms with E-state index in [1.54, 1.807) is 13.0 Å². The van der Waals surface area contributed by atoms with Crippen LogP contribution < -0.4 is 0 Å². The van der Waals surface area contributed by atoms with Gasteiger partial charge in [0.15, 0.2) is 0 Å². The van der Waals surface area contributed by atoms with E-state index in [-0.39, 0.29) is 6.42 Å². The van der Waals surface area contributed by atoms with Crippen LogP contribution in [0, 0.1) is 0 Å². The lowest BCUT2D eigenvalue weighted by Gasteiger charge is -2.09. The van der Waals surface area contributed by atoms with Gasteiger partial charge in [-0.15, -0.1) is 0 Å². The molecule has 0 saturated heterocycles. The van der Waals surface area contributed by atoms with E-state index >= 15 is 0 Å². The summed E-state index contributed by atoms with van der Waals surface area (Å²) in [5.74, 6) is -2.54. The Labute approximate surface area is 47.9 Å². The van der Waals surface area contributed by atoms with Gasteiger partial charge in [0, 0.05) is 6.42 Å². The van der Waals surface area contributed by atoms with Crippen molar-refractivity contribution in [1.82, 2.24) is 0 Å². The SMILES string of the molecule is CC=CCC(O)(O)O. The van der Waals surface area contributed by atoms with Crippen molar-refractivity contribution in [3.05, 3.63) is 12.2 Å². The molecule has 0 aromatic carbocycles. The number of allylic oxidation sites excluding steroid dienone is 1. The molecule has 3 nitrogen and oxygen atoms in total. The molecule has 0 amide bonds. The Morgan fingerprint density at radius 3 is 2.00 bits per heavy atom. The molecule has 0 aliphatic heterocycles. The summed E-state index contributed by atoms with van der Waals surface area (Å²) < 4.78 is 0. The molecule has 3 heteroatoms. The summed E-state index contributed by atoms with van der Waals surface area (Å²) in [6, 6.07) is 0. The van der Waals surface area contributed by atoms with Gasteiger partial charge in [-0.2, -0.15) is 0 Å². The van der Waals surface area contributed by atoms with E-state index in [4.69, 9.17) is 15.3 Å². The van der Waals surface area contributed by atoms with E-state index in [1.165, 1.54) is 6.08 Å².